The molecule has 2 atom stereocenters. The van der Waals surface area contributed by atoms with Gasteiger partial charge in [-0.25, -0.2) is 8.42 Å². The first-order valence-electron chi connectivity index (χ1n) is 9.43. The van der Waals surface area contributed by atoms with Gasteiger partial charge in [0, 0.05) is 24.5 Å². The summed E-state index contributed by atoms with van der Waals surface area (Å²) in [5, 5.41) is 9.37. The first kappa shape index (κ1) is 19.7. The lowest BCUT2D eigenvalue weighted by Gasteiger charge is -2.33. The molecule has 7 nitrogen and oxygen atoms in total. The Morgan fingerprint density at radius 1 is 1.31 bits per heavy atom. The molecule has 1 saturated carbocycles. The van der Waals surface area contributed by atoms with Crippen molar-refractivity contribution >= 4 is 27.5 Å². The van der Waals surface area contributed by atoms with Gasteiger partial charge in [-0.2, -0.15) is 0 Å². The number of amides is 1. The van der Waals surface area contributed by atoms with E-state index in [-0.39, 0.29) is 35.2 Å². The SMILES string of the molecule is CC[C@H](C)N(C(=O)CSc1nnc(C2CC2)n1CC)[C@@H]1CCS(=O)(=O)C1. The van der Waals surface area contributed by atoms with Crippen LogP contribution in [-0.4, -0.2) is 63.3 Å². The summed E-state index contributed by atoms with van der Waals surface area (Å²) in [7, 11) is -3.02. The van der Waals surface area contributed by atoms with Gasteiger partial charge < -0.3 is 9.47 Å². The largest absolute Gasteiger partial charge is 0.335 e. The van der Waals surface area contributed by atoms with E-state index in [0.29, 0.717) is 12.3 Å². The van der Waals surface area contributed by atoms with Gasteiger partial charge in [0.2, 0.25) is 5.91 Å². The molecular weight excluding hydrogens is 372 g/mol. The van der Waals surface area contributed by atoms with Crippen molar-refractivity contribution in [3.05, 3.63) is 5.82 Å². The maximum atomic E-state index is 12.9. The van der Waals surface area contributed by atoms with E-state index < -0.39 is 9.84 Å². The minimum atomic E-state index is -3.02. The molecule has 2 fully saturated rings. The van der Waals surface area contributed by atoms with Crippen LogP contribution in [0.25, 0.3) is 0 Å². The number of carbonyl (C=O) groups is 1. The van der Waals surface area contributed by atoms with E-state index >= 15 is 0 Å². The molecule has 0 N–H and O–H groups in total. The van der Waals surface area contributed by atoms with Crippen molar-refractivity contribution in [2.75, 3.05) is 17.3 Å². The average Bonchev–Trinajstić information content (AvgIpc) is 3.27. The molecule has 1 amide bonds. The summed E-state index contributed by atoms with van der Waals surface area (Å²) < 4.78 is 25.8. The van der Waals surface area contributed by atoms with Gasteiger partial charge in [-0.05, 0) is 39.5 Å². The third kappa shape index (κ3) is 4.24. The number of rotatable bonds is 8. The van der Waals surface area contributed by atoms with Crippen LogP contribution in [0.5, 0.6) is 0 Å². The Morgan fingerprint density at radius 3 is 2.58 bits per heavy atom. The number of carbonyl (C=O) groups excluding carboxylic acids is 1. The normalized spacial score (nSPS) is 23.1. The third-order valence-electron chi connectivity index (χ3n) is 5.28. The smallest absolute Gasteiger partial charge is 0.233 e. The molecule has 2 aliphatic rings. The third-order valence-corrected chi connectivity index (χ3v) is 7.99. The van der Waals surface area contributed by atoms with E-state index in [4.69, 9.17) is 0 Å². The molecule has 146 valence electrons. The highest BCUT2D eigenvalue weighted by molar-refractivity contribution is 7.99. The van der Waals surface area contributed by atoms with Gasteiger partial charge in [-0.3, -0.25) is 4.79 Å². The van der Waals surface area contributed by atoms with Crippen molar-refractivity contribution in [3.63, 3.8) is 0 Å². The van der Waals surface area contributed by atoms with Crippen molar-refractivity contribution in [2.24, 2.45) is 0 Å². The lowest BCUT2D eigenvalue weighted by Crippen LogP contribution is -2.47. The fourth-order valence-electron chi connectivity index (χ4n) is 3.55. The monoisotopic (exact) mass is 400 g/mol. The Balaban J connectivity index is 1.68. The molecule has 0 unspecified atom stereocenters. The quantitative estimate of drug-likeness (QED) is 0.621. The van der Waals surface area contributed by atoms with E-state index in [1.54, 1.807) is 4.90 Å². The standard InChI is InChI=1S/C17H28N4O3S2/c1-4-12(3)21(14-8-9-26(23,24)11-14)15(22)10-25-17-19-18-16(13-6-7-13)20(17)5-2/h12-14H,4-11H2,1-3H3/t12-,14+/m0/s1. The number of nitrogens with zero attached hydrogens (tertiary/aromatic N) is 4. The maximum absolute atomic E-state index is 12.9. The number of aromatic nitrogens is 3. The molecule has 0 aromatic carbocycles. The highest BCUT2D eigenvalue weighted by atomic mass is 32.2. The van der Waals surface area contributed by atoms with Crippen molar-refractivity contribution in [2.45, 2.75) is 76.2 Å². The van der Waals surface area contributed by atoms with Crippen molar-refractivity contribution in [1.82, 2.24) is 19.7 Å². The molecule has 0 spiro atoms. The first-order valence-corrected chi connectivity index (χ1v) is 12.2. The number of sulfone groups is 1. The van der Waals surface area contributed by atoms with E-state index in [1.807, 2.05) is 13.8 Å². The van der Waals surface area contributed by atoms with Crippen LogP contribution >= 0.6 is 11.8 Å². The van der Waals surface area contributed by atoms with E-state index in [2.05, 4.69) is 21.7 Å². The van der Waals surface area contributed by atoms with Crippen LogP contribution < -0.4 is 0 Å². The van der Waals surface area contributed by atoms with Crippen LogP contribution in [0.1, 0.15) is 58.2 Å². The summed E-state index contributed by atoms with van der Waals surface area (Å²) in [6.07, 6.45) is 3.68. The molecule has 9 heteroatoms. The number of hydrogen-bond acceptors (Lipinski definition) is 6. The molecule has 1 aliphatic heterocycles. The molecule has 1 aromatic rings. The number of hydrogen-bond donors (Lipinski definition) is 0. The van der Waals surface area contributed by atoms with Gasteiger partial charge in [-0.1, -0.05) is 18.7 Å². The van der Waals surface area contributed by atoms with Crippen molar-refractivity contribution < 1.29 is 13.2 Å². The fraction of sp³-hybridized carbons (Fsp3) is 0.824. The number of thioether (sulfide) groups is 1. The molecule has 0 bridgehead atoms. The second-order valence-electron chi connectivity index (χ2n) is 7.26. The molecule has 0 radical (unpaired) electrons. The summed E-state index contributed by atoms with van der Waals surface area (Å²) in [5.41, 5.74) is 0. The zero-order valence-corrected chi connectivity index (χ0v) is 17.4. The Hall–Kier alpha value is -1.09. The summed E-state index contributed by atoms with van der Waals surface area (Å²) in [5.74, 6) is 2.08. The van der Waals surface area contributed by atoms with Gasteiger partial charge in [0.05, 0.1) is 17.3 Å². The van der Waals surface area contributed by atoms with Crippen LogP contribution in [0.3, 0.4) is 0 Å². The van der Waals surface area contributed by atoms with E-state index in [1.165, 1.54) is 24.6 Å². The van der Waals surface area contributed by atoms with Crippen LogP contribution in [0.4, 0.5) is 0 Å². The topological polar surface area (TPSA) is 85.2 Å². The van der Waals surface area contributed by atoms with Crippen LogP contribution in [0.15, 0.2) is 5.16 Å². The first-order chi connectivity index (χ1) is 12.4. The summed E-state index contributed by atoms with van der Waals surface area (Å²) >= 11 is 1.41. The fourth-order valence-corrected chi connectivity index (χ4v) is 6.14. The molecule has 2 heterocycles. The van der Waals surface area contributed by atoms with Crippen LogP contribution in [-0.2, 0) is 21.2 Å². The minimum Gasteiger partial charge on any atom is -0.335 e. The maximum Gasteiger partial charge on any atom is 0.233 e. The predicted molar refractivity (Wildman–Crippen MR) is 102 cm³/mol. The van der Waals surface area contributed by atoms with Crippen molar-refractivity contribution in [3.8, 4) is 0 Å². The summed E-state index contributed by atoms with van der Waals surface area (Å²) in [6, 6.07) is -0.165. The zero-order valence-electron chi connectivity index (χ0n) is 15.7. The molecule has 26 heavy (non-hydrogen) atoms. The highest BCUT2D eigenvalue weighted by Crippen LogP contribution is 2.40. The van der Waals surface area contributed by atoms with E-state index in [9.17, 15) is 13.2 Å². The second-order valence-corrected chi connectivity index (χ2v) is 10.4. The molecule has 1 saturated heterocycles. The Kier molecular flexibility index (Phi) is 5.96. The Morgan fingerprint density at radius 2 is 2.04 bits per heavy atom. The Labute approximate surface area is 159 Å². The van der Waals surface area contributed by atoms with Gasteiger partial charge in [0.25, 0.3) is 0 Å². The Bertz CT molecular complexity index is 758. The zero-order chi connectivity index (χ0) is 18.9. The van der Waals surface area contributed by atoms with Crippen LogP contribution in [0.2, 0.25) is 0 Å². The summed E-state index contributed by atoms with van der Waals surface area (Å²) in [6.45, 7) is 6.88. The van der Waals surface area contributed by atoms with Crippen molar-refractivity contribution in [1.29, 1.82) is 0 Å². The van der Waals surface area contributed by atoms with Gasteiger partial charge in [0.1, 0.15) is 5.82 Å². The summed E-state index contributed by atoms with van der Waals surface area (Å²) in [4.78, 5) is 14.7. The van der Waals surface area contributed by atoms with Gasteiger partial charge in [0.15, 0.2) is 15.0 Å². The molecule has 3 rings (SSSR count). The minimum absolute atomic E-state index is 0.00919. The average molecular weight is 401 g/mol. The second kappa shape index (κ2) is 7.88. The van der Waals surface area contributed by atoms with E-state index in [0.717, 1.165) is 23.9 Å². The van der Waals surface area contributed by atoms with Gasteiger partial charge in [-0.15, -0.1) is 10.2 Å². The highest BCUT2D eigenvalue weighted by Gasteiger charge is 2.36. The lowest BCUT2D eigenvalue weighted by atomic mass is 10.1. The predicted octanol–water partition coefficient (Wildman–Crippen LogP) is 2.08. The molecule has 1 aromatic heterocycles. The van der Waals surface area contributed by atoms with Crippen LogP contribution in [0, 0.1) is 0 Å². The van der Waals surface area contributed by atoms with Gasteiger partial charge >= 0.3 is 0 Å². The lowest BCUT2D eigenvalue weighted by molar-refractivity contribution is -0.132. The molecule has 1 aliphatic carbocycles. The molecular formula is C17H28N4O3S2.